The average molecular weight is 199 g/mol. The molecule has 1 rings (SSSR count). The summed E-state index contributed by atoms with van der Waals surface area (Å²) >= 11 is 0. The van der Waals surface area contributed by atoms with Gasteiger partial charge in [0.15, 0.2) is 0 Å². The molecule has 7 nitrogen and oxygen atoms in total. The Hall–Kier alpha value is -1.92. The van der Waals surface area contributed by atoms with E-state index in [1.54, 1.807) is 0 Å². The zero-order valence-corrected chi connectivity index (χ0v) is 7.97. The Labute approximate surface area is 78.4 Å². The summed E-state index contributed by atoms with van der Waals surface area (Å²) in [6.45, 7) is 1.36. The third-order valence-corrected chi connectivity index (χ3v) is 2.11. The summed E-state index contributed by atoms with van der Waals surface area (Å²) in [6, 6.07) is 0. The molecule has 0 aliphatic carbocycles. The first-order valence-electron chi connectivity index (χ1n) is 3.79. The van der Waals surface area contributed by atoms with Gasteiger partial charge >= 0.3 is 16.9 Å². The predicted octanol–water partition coefficient (Wildman–Crippen LogP) is -0.699. The van der Waals surface area contributed by atoms with Crippen LogP contribution in [0.1, 0.15) is 5.69 Å². The quantitative estimate of drug-likeness (QED) is 0.442. The first-order valence-corrected chi connectivity index (χ1v) is 3.79. The van der Waals surface area contributed by atoms with Gasteiger partial charge in [0.1, 0.15) is 5.69 Å². The van der Waals surface area contributed by atoms with E-state index >= 15 is 0 Å². The van der Waals surface area contributed by atoms with Crippen LogP contribution in [0.5, 0.6) is 0 Å². The number of hydrogen-bond acceptors (Lipinski definition) is 4. The van der Waals surface area contributed by atoms with E-state index in [2.05, 4.69) is 0 Å². The van der Waals surface area contributed by atoms with Crippen LogP contribution < -0.4 is 11.2 Å². The molecule has 0 fully saturated rings. The lowest BCUT2D eigenvalue weighted by molar-refractivity contribution is -0.387. The second-order valence-electron chi connectivity index (χ2n) is 2.90. The number of nitrogens with zero attached hydrogens (tertiary/aromatic N) is 3. The van der Waals surface area contributed by atoms with Crippen molar-refractivity contribution in [2.45, 2.75) is 6.92 Å². The molecule has 0 saturated heterocycles. The molecule has 1 aromatic heterocycles. The SMILES string of the molecule is Cc1c([N+](=O)[O-])c(=O)n(C)c(=O)n1C. The Morgan fingerprint density at radius 3 is 2.14 bits per heavy atom. The zero-order valence-electron chi connectivity index (χ0n) is 7.97. The van der Waals surface area contributed by atoms with Crippen molar-refractivity contribution in [3.05, 3.63) is 36.6 Å². The van der Waals surface area contributed by atoms with Gasteiger partial charge in [-0.3, -0.25) is 24.0 Å². The molecule has 7 heteroatoms. The highest BCUT2D eigenvalue weighted by Gasteiger charge is 2.21. The fraction of sp³-hybridized carbons (Fsp3) is 0.429. The van der Waals surface area contributed by atoms with Crippen LogP contribution in [0.4, 0.5) is 5.69 Å². The minimum Gasteiger partial charge on any atom is -0.294 e. The molecule has 0 unspecified atom stereocenters. The molecule has 0 radical (unpaired) electrons. The number of nitro groups is 1. The highest BCUT2D eigenvalue weighted by Crippen LogP contribution is 2.07. The van der Waals surface area contributed by atoms with E-state index in [0.29, 0.717) is 4.57 Å². The first kappa shape index (κ1) is 10.2. The van der Waals surface area contributed by atoms with Crippen molar-refractivity contribution in [3.8, 4) is 0 Å². The fourth-order valence-corrected chi connectivity index (χ4v) is 1.14. The highest BCUT2D eigenvalue weighted by atomic mass is 16.6. The van der Waals surface area contributed by atoms with Gasteiger partial charge in [-0.05, 0) is 6.92 Å². The van der Waals surface area contributed by atoms with Crippen molar-refractivity contribution in [1.82, 2.24) is 9.13 Å². The van der Waals surface area contributed by atoms with Crippen LogP contribution in [0.25, 0.3) is 0 Å². The molecule has 0 atom stereocenters. The maximum absolute atomic E-state index is 11.3. The monoisotopic (exact) mass is 199 g/mol. The summed E-state index contributed by atoms with van der Waals surface area (Å²) in [5, 5.41) is 10.5. The van der Waals surface area contributed by atoms with Gasteiger partial charge in [0, 0.05) is 14.1 Å². The number of aromatic nitrogens is 2. The van der Waals surface area contributed by atoms with Crippen LogP contribution in [0.15, 0.2) is 9.59 Å². The maximum Gasteiger partial charge on any atom is 0.353 e. The van der Waals surface area contributed by atoms with Crippen LogP contribution in [-0.4, -0.2) is 14.1 Å². The molecule has 0 aliphatic rings. The van der Waals surface area contributed by atoms with Gasteiger partial charge in [-0.15, -0.1) is 0 Å². The molecule has 76 valence electrons. The molecule has 0 N–H and O–H groups in total. The third-order valence-electron chi connectivity index (χ3n) is 2.11. The van der Waals surface area contributed by atoms with Gasteiger partial charge < -0.3 is 0 Å². The summed E-state index contributed by atoms with van der Waals surface area (Å²) < 4.78 is 1.78. The Balaban J connectivity index is 3.88. The Bertz CT molecular complexity index is 511. The zero-order chi connectivity index (χ0) is 11.0. The summed E-state index contributed by atoms with van der Waals surface area (Å²) in [7, 11) is 2.58. The van der Waals surface area contributed by atoms with Gasteiger partial charge in [0.25, 0.3) is 0 Å². The van der Waals surface area contributed by atoms with Gasteiger partial charge in [-0.2, -0.15) is 0 Å². The summed E-state index contributed by atoms with van der Waals surface area (Å²) in [5.41, 5.74) is -1.95. The van der Waals surface area contributed by atoms with E-state index in [4.69, 9.17) is 0 Å². The Morgan fingerprint density at radius 1 is 1.21 bits per heavy atom. The molecule has 1 heterocycles. The minimum atomic E-state index is -0.879. The predicted molar refractivity (Wildman–Crippen MR) is 48.3 cm³/mol. The topological polar surface area (TPSA) is 87.1 Å². The maximum atomic E-state index is 11.3. The molecule has 0 aliphatic heterocycles. The van der Waals surface area contributed by atoms with E-state index in [1.165, 1.54) is 21.0 Å². The average Bonchev–Trinajstić information content (AvgIpc) is 2.11. The van der Waals surface area contributed by atoms with E-state index in [-0.39, 0.29) is 5.69 Å². The van der Waals surface area contributed by atoms with Crippen molar-refractivity contribution in [2.24, 2.45) is 14.1 Å². The first-order chi connectivity index (χ1) is 6.37. The Kier molecular flexibility index (Phi) is 2.24. The molecule has 0 aromatic carbocycles. The van der Waals surface area contributed by atoms with Gasteiger partial charge in [0.05, 0.1) is 4.92 Å². The van der Waals surface area contributed by atoms with Crippen LogP contribution in [-0.2, 0) is 14.1 Å². The van der Waals surface area contributed by atoms with Crippen molar-refractivity contribution in [3.63, 3.8) is 0 Å². The fourth-order valence-electron chi connectivity index (χ4n) is 1.14. The Morgan fingerprint density at radius 2 is 1.71 bits per heavy atom. The van der Waals surface area contributed by atoms with Crippen LogP contribution in [0.2, 0.25) is 0 Å². The molecular weight excluding hydrogens is 190 g/mol. The molecule has 1 aromatic rings. The van der Waals surface area contributed by atoms with Gasteiger partial charge in [-0.1, -0.05) is 0 Å². The standard InChI is InChI=1S/C7H9N3O4/c1-4-5(10(13)14)6(11)9(3)7(12)8(4)2/h1-3H3. The smallest absolute Gasteiger partial charge is 0.294 e. The van der Waals surface area contributed by atoms with Gasteiger partial charge in [0.2, 0.25) is 0 Å². The van der Waals surface area contributed by atoms with Crippen LogP contribution in [0.3, 0.4) is 0 Å². The molecule has 14 heavy (non-hydrogen) atoms. The lowest BCUT2D eigenvalue weighted by Gasteiger charge is -2.05. The lowest BCUT2D eigenvalue weighted by Crippen LogP contribution is -2.39. The second-order valence-corrected chi connectivity index (χ2v) is 2.90. The molecule has 0 bridgehead atoms. The summed E-state index contributed by atoms with van der Waals surface area (Å²) in [4.78, 5) is 32.4. The molecule has 0 saturated carbocycles. The molecule has 0 spiro atoms. The largest absolute Gasteiger partial charge is 0.353 e. The van der Waals surface area contributed by atoms with Crippen LogP contribution >= 0.6 is 0 Å². The minimum absolute atomic E-state index is 0.0584. The van der Waals surface area contributed by atoms with E-state index in [1.807, 2.05) is 0 Å². The third kappa shape index (κ3) is 1.22. The van der Waals surface area contributed by atoms with E-state index in [0.717, 1.165) is 4.57 Å². The number of hydrogen-bond donors (Lipinski definition) is 0. The van der Waals surface area contributed by atoms with E-state index < -0.39 is 21.9 Å². The summed E-state index contributed by atoms with van der Waals surface area (Å²) in [6.07, 6.45) is 0. The summed E-state index contributed by atoms with van der Waals surface area (Å²) in [5.74, 6) is 0. The molecule has 0 amide bonds. The molecular formula is C7H9N3O4. The lowest BCUT2D eigenvalue weighted by atomic mass is 10.3. The number of rotatable bonds is 1. The van der Waals surface area contributed by atoms with Crippen molar-refractivity contribution >= 4 is 5.69 Å². The van der Waals surface area contributed by atoms with Crippen molar-refractivity contribution in [1.29, 1.82) is 0 Å². The van der Waals surface area contributed by atoms with E-state index in [9.17, 15) is 19.7 Å². The normalized spacial score (nSPS) is 10.2. The highest BCUT2D eigenvalue weighted by molar-refractivity contribution is 5.31. The second kappa shape index (κ2) is 3.09. The van der Waals surface area contributed by atoms with Crippen molar-refractivity contribution in [2.75, 3.05) is 0 Å². The van der Waals surface area contributed by atoms with Gasteiger partial charge in [-0.25, -0.2) is 4.79 Å². The van der Waals surface area contributed by atoms with Crippen LogP contribution in [0, 0.1) is 17.0 Å². The van der Waals surface area contributed by atoms with Crippen molar-refractivity contribution < 1.29 is 4.92 Å².